The quantitative estimate of drug-likeness (QED) is 0.281. The third-order valence-electron chi connectivity index (χ3n) is 6.42. The molecule has 1 aliphatic heterocycles. The second-order valence-corrected chi connectivity index (χ2v) is 10.1. The van der Waals surface area contributed by atoms with Gasteiger partial charge in [0, 0.05) is 44.6 Å². The van der Waals surface area contributed by atoms with Gasteiger partial charge in [-0.15, -0.1) is 0 Å². The van der Waals surface area contributed by atoms with E-state index in [1.54, 1.807) is 0 Å². The van der Waals surface area contributed by atoms with Gasteiger partial charge in [0.2, 0.25) is 5.91 Å². The van der Waals surface area contributed by atoms with Crippen LogP contribution in [0.2, 0.25) is 0 Å². The number of imidazole rings is 1. The Balaban J connectivity index is 1.18. The summed E-state index contributed by atoms with van der Waals surface area (Å²) in [5.74, 6) is 2.17. The lowest BCUT2D eigenvalue weighted by Gasteiger charge is -2.14. The van der Waals surface area contributed by atoms with E-state index >= 15 is 0 Å². The first-order valence-electron chi connectivity index (χ1n) is 13.4. The zero-order valence-electron chi connectivity index (χ0n) is 22.6. The molecule has 3 N–H and O–H groups in total. The zero-order chi connectivity index (χ0) is 26.9. The Morgan fingerprint density at radius 2 is 1.95 bits per heavy atom. The van der Waals surface area contributed by atoms with Crippen molar-refractivity contribution in [3.8, 4) is 5.75 Å². The number of aryl methyl sites for hydroxylation is 1. The standard InChI is InChI=1S/C29H39N5O4/c1-20(2)18-37-15-12-22-4-7-25(8-5-22)38-19-24(35)17-30-13-14-34-21(3)31-27-16-23(6-10-28(27)34)26-9-11-29(36)33-32-26/h4-8,10,16,20,24,30,35H,9,11-15,17-19H2,1-3H3,(H,33,36). The van der Waals surface area contributed by atoms with Crippen molar-refractivity contribution in [3.63, 3.8) is 0 Å². The number of hydrogen-bond donors (Lipinski definition) is 3. The van der Waals surface area contributed by atoms with Crippen LogP contribution in [0, 0.1) is 12.8 Å². The van der Waals surface area contributed by atoms with E-state index in [0.29, 0.717) is 31.8 Å². The van der Waals surface area contributed by atoms with Gasteiger partial charge in [-0.3, -0.25) is 4.79 Å². The van der Waals surface area contributed by atoms with Crippen LogP contribution >= 0.6 is 0 Å². The molecular weight excluding hydrogens is 482 g/mol. The molecule has 0 saturated carbocycles. The molecule has 204 valence electrons. The summed E-state index contributed by atoms with van der Waals surface area (Å²) in [4.78, 5) is 16.1. The molecule has 1 amide bonds. The Morgan fingerprint density at radius 3 is 2.68 bits per heavy atom. The molecule has 3 aromatic rings. The van der Waals surface area contributed by atoms with Gasteiger partial charge in [-0.05, 0) is 49.1 Å². The topological polar surface area (TPSA) is 110 Å². The number of aliphatic hydroxyl groups excluding tert-OH is 1. The van der Waals surface area contributed by atoms with Gasteiger partial charge in [0.1, 0.15) is 24.3 Å². The van der Waals surface area contributed by atoms with Crippen LogP contribution in [-0.2, 0) is 22.5 Å². The Labute approximate surface area is 224 Å². The largest absolute Gasteiger partial charge is 0.491 e. The van der Waals surface area contributed by atoms with Gasteiger partial charge in [-0.2, -0.15) is 5.10 Å². The van der Waals surface area contributed by atoms with Crippen LogP contribution in [-0.4, -0.2) is 65.3 Å². The first-order valence-corrected chi connectivity index (χ1v) is 13.4. The van der Waals surface area contributed by atoms with E-state index in [4.69, 9.17) is 14.5 Å². The molecule has 2 heterocycles. The number of fused-ring (bicyclic) bond motifs is 1. The molecule has 0 bridgehead atoms. The van der Waals surface area contributed by atoms with Gasteiger partial charge >= 0.3 is 0 Å². The average Bonchev–Trinajstić information content (AvgIpc) is 3.22. The predicted octanol–water partition coefficient (Wildman–Crippen LogP) is 3.20. The Morgan fingerprint density at radius 1 is 1.13 bits per heavy atom. The number of amides is 1. The second kappa shape index (κ2) is 13.5. The van der Waals surface area contributed by atoms with Gasteiger partial charge < -0.3 is 24.5 Å². The van der Waals surface area contributed by atoms with Crippen molar-refractivity contribution in [3.05, 3.63) is 59.4 Å². The molecule has 0 spiro atoms. The lowest BCUT2D eigenvalue weighted by Crippen LogP contribution is -2.33. The fraction of sp³-hybridized carbons (Fsp3) is 0.483. The minimum absolute atomic E-state index is 0.0491. The molecular formula is C29H39N5O4. The number of benzene rings is 2. The Bertz CT molecular complexity index is 1240. The van der Waals surface area contributed by atoms with Gasteiger partial charge in [0.15, 0.2) is 0 Å². The van der Waals surface area contributed by atoms with E-state index in [1.165, 1.54) is 5.56 Å². The van der Waals surface area contributed by atoms with E-state index in [-0.39, 0.29) is 12.5 Å². The number of ether oxygens (including phenoxy) is 2. The van der Waals surface area contributed by atoms with Crippen LogP contribution < -0.4 is 15.5 Å². The smallest absolute Gasteiger partial charge is 0.240 e. The fourth-order valence-electron chi connectivity index (χ4n) is 4.37. The summed E-state index contributed by atoms with van der Waals surface area (Å²) in [6, 6.07) is 14.1. The van der Waals surface area contributed by atoms with Crippen molar-refractivity contribution in [2.75, 3.05) is 32.9 Å². The first-order chi connectivity index (χ1) is 18.4. The number of nitrogens with zero attached hydrogens (tertiary/aromatic N) is 3. The summed E-state index contributed by atoms with van der Waals surface area (Å²) in [5, 5.41) is 17.8. The van der Waals surface area contributed by atoms with Crippen LogP contribution in [0.5, 0.6) is 5.75 Å². The van der Waals surface area contributed by atoms with Crippen molar-refractivity contribution >= 4 is 22.7 Å². The minimum atomic E-state index is -0.612. The molecule has 0 radical (unpaired) electrons. The van der Waals surface area contributed by atoms with Crippen LogP contribution in [0.1, 0.15) is 43.6 Å². The van der Waals surface area contributed by atoms with Gasteiger partial charge in [-0.1, -0.05) is 32.0 Å². The van der Waals surface area contributed by atoms with E-state index in [1.807, 2.05) is 43.3 Å². The van der Waals surface area contributed by atoms with Crippen LogP contribution in [0.25, 0.3) is 11.0 Å². The van der Waals surface area contributed by atoms with Crippen molar-refractivity contribution in [1.29, 1.82) is 0 Å². The lowest BCUT2D eigenvalue weighted by atomic mass is 10.0. The van der Waals surface area contributed by atoms with Crippen LogP contribution in [0.3, 0.4) is 0 Å². The number of aliphatic hydroxyl groups is 1. The van der Waals surface area contributed by atoms with Crippen LogP contribution in [0.15, 0.2) is 47.6 Å². The highest BCUT2D eigenvalue weighted by atomic mass is 16.5. The molecule has 2 aromatic carbocycles. The van der Waals surface area contributed by atoms with Gasteiger partial charge in [0.05, 0.1) is 23.4 Å². The summed E-state index contributed by atoms with van der Waals surface area (Å²) in [6.07, 6.45) is 1.35. The monoisotopic (exact) mass is 521 g/mol. The van der Waals surface area contributed by atoms with Crippen LogP contribution in [0.4, 0.5) is 0 Å². The van der Waals surface area contributed by atoms with Gasteiger partial charge in [0.25, 0.3) is 0 Å². The second-order valence-electron chi connectivity index (χ2n) is 10.1. The summed E-state index contributed by atoms with van der Waals surface area (Å²) in [6.45, 7) is 9.87. The number of hydrogen-bond acceptors (Lipinski definition) is 7. The van der Waals surface area contributed by atoms with E-state index in [9.17, 15) is 9.90 Å². The molecule has 0 saturated heterocycles. The van der Waals surface area contributed by atoms with Crippen molar-refractivity contribution in [2.24, 2.45) is 11.0 Å². The number of carbonyl (C=O) groups is 1. The molecule has 0 fully saturated rings. The maximum atomic E-state index is 11.4. The van der Waals surface area contributed by atoms with Gasteiger partial charge in [-0.25, -0.2) is 10.4 Å². The molecule has 4 rings (SSSR count). The molecule has 1 aliphatic rings. The highest BCUT2D eigenvalue weighted by Gasteiger charge is 2.15. The van der Waals surface area contributed by atoms with Crippen molar-refractivity contribution in [2.45, 2.75) is 52.7 Å². The summed E-state index contributed by atoms with van der Waals surface area (Å²) in [5.41, 5.74) is 7.57. The Hall–Kier alpha value is -3.27. The molecule has 0 aliphatic carbocycles. The summed E-state index contributed by atoms with van der Waals surface area (Å²) < 4.78 is 13.6. The average molecular weight is 522 g/mol. The van der Waals surface area contributed by atoms with Crippen molar-refractivity contribution < 1.29 is 19.4 Å². The van der Waals surface area contributed by atoms with E-state index < -0.39 is 6.10 Å². The fourth-order valence-corrected chi connectivity index (χ4v) is 4.37. The molecule has 9 nitrogen and oxygen atoms in total. The normalized spacial score (nSPS) is 14.6. The minimum Gasteiger partial charge on any atom is -0.491 e. The predicted molar refractivity (Wildman–Crippen MR) is 149 cm³/mol. The first kappa shape index (κ1) is 27.8. The molecule has 38 heavy (non-hydrogen) atoms. The molecule has 1 atom stereocenters. The third-order valence-corrected chi connectivity index (χ3v) is 6.42. The Kier molecular flexibility index (Phi) is 9.86. The third kappa shape index (κ3) is 7.86. The zero-order valence-corrected chi connectivity index (χ0v) is 22.6. The number of aromatic nitrogens is 2. The maximum Gasteiger partial charge on any atom is 0.240 e. The molecule has 1 unspecified atom stereocenters. The highest BCUT2D eigenvalue weighted by molar-refractivity contribution is 6.05. The SMILES string of the molecule is Cc1nc2cc(C3=NNC(=O)CC3)ccc2n1CCNCC(O)COc1ccc(CCOCC(C)C)cc1. The number of carbonyl (C=O) groups excluding carboxylic acids is 1. The van der Waals surface area contributed by atoms with Crippen molar-refractivity contribution in [1.82, 2.24) is 20.3 Å². The van der Waals surface area contributed by atoms with E-state index in [2.05, 4.69) is 40.3 Å². The van der Waals surface area contributed by atoms with E-state index in [0.717, 1.165) is 60.1 Å². The number of nitrogens with one attached hydrogen (secondary N) is 2. The number of hydrazone groups is 1. The number of rotatable bonds is 14. The molecule has 1 aromatic heterocycles. The molecule has 9 heteroatoms. The lowest BCUT2D eigenvalue weighted by molar-refractivity contribution is -0.121. The summed E-state index contributed by atoms with van der Waals surface area (Å²) >= 11 is 0. The summed E-state index contributed by atoms with van der Waals surface area (Å²) in [7, 11) is 0. The highest BCUT2D eigenvalue weighted by Crippen LogP contribution is 2.20. The maximum absolute atomic E-state index is 11.4.